The second kappa shape index (κ2) is 5.68. The van der Waals surface area contributed by atoms with Gasteiger partial charge in [0.05, 0.1) is 5.69 Å². The minimum atomic E-state index is -0.298. The van der Waals surface area contributed by atoms with Gasteiger partial charge < -0.3 is 15.6 Å². The molecule has 2 heterocycles. The fourth-order valence-corrected chi connectivity index (χ4v) is 2.59. The van der Waals surface area contributed by atoms with Gasteiger partial charge in [-0.2, -0.15) is 0 Å². The summed E-state index contributed by atoms with van der Waals surface area (Å²) in [5, 5.41) is 6.40. The van der Waals surface area contributed by atoms with Crippen molar-refractivity contribution in [1.29, 1.82) is 0 Å². The summed E-state index contributed by atoms with van der Waals surface area (Å²) in [6.07, 6.45) is 1.71. The molecule has 1 aromatic heterocycles. The fraction of sp³-hybridized carbons (Fsp3) is 0.286. The lowest BCUT2D eigenvalue weighted by atomic mass is 10.1. The van der Waals surface area contributed by atoms with Crippen molar-refractivity contribution in [3.05, 3.63) is 46.1 Å². The Morgan fingerprint density at radius 2 is 2.00 bits per heavy atom. The molecule has 1 aliphatic heterocycles. The van der Waals surface area contributed by atoms with Crippen molar-refractivity contribution in [2.24, 2.45) is 0 Å². The number of H-pyrrole nitrogens is 1. The Morgan fingerprint density at radius 1 is 1.20 bits per heavy atom. The summed E-state index contributed by atoms with van der Waals surface area (Å²) in [6, 6.07) is 6.56. The van der Waals surface area contributed by atoms with E-state index in [1.807, 2.05) is 0 Å². The van der Waals surface area contributed by atoms with E-state index in [0.717, 1.165) is 37.2 Å². The Hall–Kier alpha value is -1.79. The van der Waals surface area contributed by atoms with Gasteiger partial charge >= 0.3 is 0 Å². The number of nitrogens with one attached hydrogen (secondary N) is 3. The summed E-state index contributed by atoms with van der Waals surface area (Å²) in [5.74, 6) is 0.353. The van der Waals surface area contributed by atoms with E-state index < -0.39 is 0 Å². The number of hydrogen-bond acceptors (Lipinski definition) is 4. The van der Waals surface area contributed by atoms with E-state index in [0.29, 0.717) is 16.3 Å². The van der Waals surface area contributed by atoms with Crippen LogP contribution in [-0.2, 0) is 12.8 Å². The third-order valence-corrected chi connectivity index (χ3v) is 3.55. The maximum absolute atomic E-state index is 13.8. The van der Waals surface area contributed by atoms with Crippen molar-refractivity contribution in [3.63, 3.8) is 0 Å². The van der Waals surface area contributed by atoms with Crippen LogP contribution in [-0.4, -0.2) is 23.1 Å². The summed E-state index contributed by atoms with van der Waals surface area (Å²) in [4.78, 5) is 7.46. The monoisotopic (exact) mass is 290 g/mol. The number of halogens is 1. The van der Waals surface area contributed by atoms with Gasteiger partial charge in [-0.05, 0) is 37.3 Å². The number of anilines is 2. The van der Waals surface area contributed by atoms with Gasteiger partial charge in [-0.1, -0.05) is 12.1 Å². The first kappa shape index (κ1) is 13.2. The highest BCUT2D eigenvalue weighted by Crippen LogP contribution is 2.24. The first-order valence-electron chi connectivity index (χ1n) is 6.58. The van der Waals surface area contributed by atoms with Crippen molar-refractivity contribution in [3.8, 4) is 0 Å². The molecular weight excluding hydrogens is 275 g/mol. The minimum absolute atomic E-state index is 0.298. The Labute approximate surface area is 121 Å². The summed E-state index contributed by atoms with van der Waals surface area (Å²) in [7, 11) is 0. The van der Waals surface area contributed by atoms with E-state index in [1.54, 1.807) is 18.2 Å². The second-order valence-electron chi connectivity index (χ2n) is 4.70. The third kappa shape index (κ3) is 2.71. The zero-order chi connectivity index (χ0) is 13.9. The largest absolute Gasteiger partial charge is 0.337 e. The normalized spacial score (nSPS) is 14.4. The van der Waals surface area contributed by atoms with Gasteiger partial charge in [0.1, 0.15) is 11.6 Å². The van der Waals surface area contributed by atoms with Crippen molar-refractivity contribution in [2.75, 3.05) is 18.4 Å². The molecule has 20 heavy (non-hydrogen) atoms. The molecule has 4 nitrogen and oxygen atoms in total. The van der Waals surface area contributed by atoms with E-state index in [1.165, 1.54) is 6.07 Å². The Bertz CT molecular complexity index is 683. The number of benzene rings is 1. The maximum atomic E-state index is 13.8. The van der Waals surface area contributed by atoms with Crippen molar-refractivity contribution in [2.45, 2.75) is 12.8 Å². The summed E-state index contributed by atoms with van der Waals surface area (Å²) < 4.78 is 14.2. The molecule has 2 aromatic rings. The first-order chi connectivity index (χ1) is 9.74. The molecule has 6 heteroatoms. The average molecular weight is 290 g/mol. The van der Waals surface area contributed by atoms with Crippen LogP contribution >= 0.6 is 12.2 Å². The molecule has 0 spiro atoms. The number of fused-ring (bicyclic) bond motifs is 1. The highest BCUT2D eigenvalue weighted by molar-refractivity contribution is 7.71. The standard InChI is InChI=1S/C14H15FN4S/c15-10-3-1-2-4-12(10)17-13-9-5-7-16-8-6-11(9)18-14(20)19-13/h1-4,16H,5-8H2,(H2,17,18,19,20). The summed E-state index contributed by atoms with van der Waals surface area (Å²) >= 11 is 5.16. The van der Waals surface area contributed by atoms with Crippen LogP contribution in [0, 0.1) is 10.6 Å². The van der Waals surface area contributed by atoms with Crippen molar-refractivity contribution < 1.29 is 4.39 Å². The van der Waals surface area contributed by atoms with Gasteiger partial charge in [-0.25, -0.2) is 9.37 Å². The first-order valence-corrected chi connectivity index (χ1v) is 6.99. The lowest BCUT2D eigenvalue weighted by molar-refractivity contribution is 0.631. The van der Waals surface area contributed by atoms with Crippen LogP contribution < -0.4 is 10.6 Å². The van der Waals surface area contributed by atoms with E-state index in [4.69, 9.17) is 12.2 Å². The highest BCUT2D eigenvalue weighted by atomic mass is 32.1. The van der Waals surface area contributed by atoms with Gasteiger partial charge in [-0.15, -0.1) is 0 Å². The fourth-order valence-electron chi connectivity index (χ4n) is 2.37. The topological polar surface area (TPSA) is 52.7 Å². The predicted octanol–water partition coefficient (Wildman–Crippen LogP) is 2.71. The number of rotatable bonds is 2. The van der Waals surface area contributed by atoms with Gasteiger partial charge in [0.25, 0.3) is 0 Å². The molecule has 1 aliphatic rings. The van der Waals surface area contributed by atoms with Crippen LogP contribution in [0.4, 0.5) is 15.9 Å². The SMILES string of the molecule is Fc1ccccc1Nc1nc(=S)[nH]c2c1CCNCC2. The van der Waals surface area contributed by atoms with Crippen LogP contribution in [0.2, 0.25) is 0 Å². The van der Waals surface area contributed by atoms with Gasteiger partial charge in [0, 0.05) is 24.2 Å². The second-order valence-corrected chi connectivity index (χ2v) is 5.09. The molecule has 104 valence electrons. The Morgan fingerprint density at radius 3 is 2.85 bits per heavy atom. The van der Waals surface area contributed by atoms with E-state index in [2.05, 4.69) is 20.6 Å². The molecule has 0 fully saturated rings. The van der Waals surface area contributed by atoms with Crippen molar-refractivity contribution in [1.82, 2.24) is 15.3 Å². The number of aromatic amines is 1. The smallest absolute Gasteiger partial charge is 0.198 e. The van der Waals surface area contributed by atoms with Gasteiger partial charge in [0.2, 0.25) is 0 Å². The zero-order valence-corrected chi connectivity index (χ0v) is 11.7. The number of nitrogens with zero attached hydrogens (tertiary/aromatic N) is 1. The summed E-state index contributed by atoms with van der Waals surface area (Å²) in [5.41, 5.74) is 2.57. The van der Waals surface area contributed by atoms with Crippen LogP contribution in [0.25, 0.3) is 0 Å². The highest BCUT2D eigenvalue weighted by Gasteiger charge is 2.15. The number of para-hydroxylation sites is 1. The third-order valence-electron chi connectivity index (χ3n) is 3.35. The molecule has 0 saturated carbocycles. The van der Waals surface area contributed by atoms with E-state index in [9.17, 15) is 4.39 Å². The van der Waals surface area contributed by atoms with Crippen LogP contribution in [0.3, 0.4) is 0 Å². The Balaban J connectivity index is 2.03. The zero-order valence-electron chi connectivity index (χ0n) is 10.9. The van der Waals surface area contributed by atoms with E-state index >= 15 is 0 Å². The Kier molecular flexibility index (Phi) is 3.75. The molecular formula is C14H15FN4S. The quantitative estimate of drug-likeness (QED) is 0.744. The molecule has 0 saturated heterocycles. The number of hydrogen-bond donors (Lipinski definition) is 3. The number of aromatic nitrogens is 2. The van der Waals surface area contributed by atoms with Crippen LogP contribution in [0.15, 0.2) is 24.3 Å². The molecule has 0 aliphatic carbocycles. The maximum Gasteiger partial charge on any atom is 0.198 e. The molecule has 0 atom stereocenters. The molecule has 0 bridgehead atoms. The molecule has 0 radical (unpaired) electrons. The molecule has 0 amide bonds. The minimum Gasteiger partial charge on any atom is -0.337 e. The molecule has 1 aromatic carbocycles. The van der Waals surface area contributed by atoms with Crippen LogP contribution in [0.5, 0.6) is 0 Å². The lowest BCUT2D eigenvalue weighted by Crippen LogP contribution is -2.16. The molecule has 0 unspecified atom stereocenters. The van der Waals surface area contributed by atoms with E-state index in [-0.39, 0.29) is 5.82 Å². The van der Waals surface area contributed by atoms with Gasteiger partial charge in [-0.3, -0.25) is 0 Å². The molecule has 3 rings (SSSR count). The van der Waals surface area contributed by atoms with Gasteiger partial charge in [0.15, 0.2) is 4.77 Å². The summed E-state index contributed by atoms with van der Waals surface area (Å²) in [6.45, 7) is 1.78. The average Bonchev–Trinajstić information content (AvgIpc) is 2.66. The van der Waals surface area contributed by atoms with Crippen molar-refractivity contribution >= 4 is 23.7 Å². The lowest BCUT2D eigenvalue weighted by Gasteiger charge is -2.13. The predicted molar refractivity (Wildman–Crippen MR) is 79.4 cm³/mol. The molecule has 3 N–H and O–H groups in total. The van der Waals surface area contributed by atoms with Crippen LogP contribution in [0.1, 0.15) is 11.3 Å².